The third-order valence-electron chi connectivity index (χ3n) is 2.01. The van der Waals surface area contributed by atoms with Crippen LogP contribution in [0.3, 0.4) is 0 Å². The largest absolute Gasteiger partial charge is 0.331 e. The highest BCUT2D eigenvalue weighted by molar-refractivity contribution is 5.08. The molecular formula is C7H11N3. The number of fused-ring (bicyclic) bond motifs is 1. The number of rotatable bonds is 1. The minimum Gasteiger partial charge on any atom is -0.331 e. The predicted octanol–water partition coefficient (Wildman–Crippen LogP) is 0.288. The van der Waals surface area contributed by atoms with Crippen LogP contribution in [0.15, 0.2) is 6.20 Å². The monoisotopic (exact) mass is 137 g/mol. The summed E-state index contributed by atoms with van der Waals surface area (Å²) >= 11 is 0. The highest BCUT2D eigenvalue weighted by atomic mass is 15.1. The normalized spacial score (nSPS) is 15.7. The van der Waals surface area contributed by atoms with Gasteiger partial charge in [0.2, 0.25) is 0 Å². The number of imidazole rings is 1. The Morgan fingerprint density at radius 2 is 2.60 bits per heavy atom. The maximum atomic E-state index is 5.51. The molecular weight excluding hydrogens is 126 g/mol. The van der Waals surface area contributed by atoms with Gasteiger partial charge in [-0.05, 0) is 6.42 Å². The van der Waals surface area contributed by atoms with Crippen molar-refractivity contribution in [1.82, 2.24) is 9.55 Å². The molecule has 1 aromatic rings. The van der Waals surface area contributed by atoms with Crippen molar-refractivity contribution in [3.8, 4) is 0 Å². The van der Waals surface area contributed by atoms with Crippen LogP contribution in [0.2, 0.25) is 0 Å². The second-order valence-electron chi connectivity index (χ2n) is 2.63. The van der Waals surface area contributed by atoms with Crippen molar-refractivity contribution in [2.75, 3.05) is 0 Å². The van der Waals surface area contributed by atoms with Gasteiger partial charge in [-0.15, -0.1) is 0 Å². The van der Waals surface area contributed by atoms with Crippen LogP contribution in [0.1, 0.15) is 17.9 Å². The van der Waals surface area contributed by atoms with Crippen LogP contribution in [0.5, 0.6) is 0 Å². The van der Waals surface area contributed by atoms with E-state index >= 15 is 0 Å². The molecule has 0 aromatic carbocycles. The lowest BCUT2D eigenvalue weighted by Crippen LogP contribution is -2.04. The van der Waals surface area contributed by atoms with E-state index in [9.17, 15) is 0 Å². The van der Waals surface area contributed by atoms with E-state index < -0.39 is 0 Å². The van der Waals surface area contributed by atoms with Gasteiger partial charge in [-0.2, -0.15) is 0 Å². The summed E-state index contributed by atoms with van der Waals surface area (Å²) in [6.45, 7) is 1.73. The smallest absolute Gasteiger partial charge is 0.108 e. The number of hydrogen-bond donors (Lipinski definition) is 1. The first-order valence-corrected chi connectivity index (χ1v) is 3.65. The first kappa shape index (κ1) is 5.92. The van der Waals surface area contributed by atoms with Gasteiger partial charge in [0.25, 0.3) is 0 Å². The third-order valence-corrected chi connectivity index (χ3v) is 2.01. The summed E-state index contributed by atoms with van der Waals surface area (Å²) in [5.41, 5.74) is 6.68. The van der Waals surface area contributed by atoms with E-state index in [4.69, 9.17) is 5.73 Å². The van der Waals surface area contributed by atoms with Crippen LogP contribution in [0, 0.1) is 0 Å². The van der Waals surface area contributed by atoms with E-state index in [-0.39, 0.29) is 0 Å². The maximum Gasteiger partial charge on any atom is 0.108 e. The number of nitrogens with two attached hydrogens (primary N) is 1. The Kier molecular flexibility index (Phi) is 1.24. The zero-order valence-electron chi connectivity index (χ0n) is 5.88. The highest BCUT2D eigenvalue weighted by Crippen LogP contribution is 2.14. The molecule has 0 fully saturated rings. The summed E-state index contributed by atoms with van der Waals surface area (Å²) in [6.07, 6.45) is 4.24. The summed E-state index contributed by atoms with van der Waals surface area (Å²) < 4.78 is 2.22. The van der Waals surface area contributed by atoms with E-state index in [1.807, 2.05) is 6.20 Å². The van der Waals surface area contributed by atoms with Crippen LogP contribution in [0.25, 0.3) is 0 Å². The SMILES string of the molecule is NCc1cnc2n1CCC2. The van der Waals surface area contributed by atoms with Gasteiger partial charge in [0.1, 0.15) is 5.82 Å². The molecule has 3 nitrogen and oxygen atoms in total. The summed E-state index contributed by atoms with van der Waals surface area (Å²) in [7, 11) is 0. The lowest BCUT2D eigenvalue weighted by atomic mass is 10.4. The molecule has 0 saturated carbocycles. The molecule has 10 heavy (non-hydrogen) atoms. The van der Waals surface area contributed by atoms with Gasteiger partial charge >= 0.3 is 0 Å². The fourth-order valence-electron chi connectivity index (χ4n) is 1.48. The fraction of sp³-hybridized carbons (Fsp3) is 0.571. The average Bonchev–Trinajstić information content (AvgIpc) is 2.44. The van der Waals surface area contributed by atoms with Gasteiger partial charge in [-0.3, -0.25) is 0 Å². The number of nitrogens with zero attached hydrogens (tertiary/aromatic N) is 2. The van der Waals surface area contributed by atoms with Crippen LogP contribution in [-0.2, 0) is 19.5 Å². The van der Waals surface area contributed by atoms with Crippen LogP contribution in [0.4, 0.5) is 0 Å². The quantitative estimate of drug-likeness (QED) is 0.604. The van der Waals surface area contributed by atoms with Gasteiger partial charge in [0, 0.05) is 25.7 Å². The Hall–Kier alpha value is -0.830. The van der Waals surface area contributed by atoms with E-state index in [2.05, 4.69) is 9.55 Å². The Morgan fingerprint density at radius 1 is 1.70 bits per heavy atom. The first-order chi connectivity index (χ1) is 4.92. The first-order valence-electron chi connectivity index (χ1n) is 3.65. The van der Waals surface area contributed by atoms with Crippen molar-refractivity contribution < 1.29 is 0 Å². The molecule has 1 aliphatic rings. The molecule has 0 saturated heterocycles. The molecule has 0 amide bonds. The summed E-state index contributed by atoms with van der Waals surface area (Å²) in [5, 5.41) is 0. The van der Waals surface area contributed by atoms with Crippen molar-refractivity contribution in [2.24, 2.45) is 5.73 Å². The lowest BCUT2D eigenvalue weighted by molar-refractivity contribution is 0.707. The van der Waals surface area contributed by atoms with E-state index in [1.165, 1.54) is 17.9 Å². The molecule has 0 atom stereocenters. The summed E-state index contributed by atoms with van der Waals surface area (Å²) in [4.78, 5) is 4.25. The van der Waals surface area contributed by atoms with Crippen LogP contribution in [-0.4, -0.2) is 9.55 Å². The molecule has 2 rings (SSSR count). The number of hydrogen-bond acceptors (Lipinski definition) is 2. The van der Waals surface area contributed by atoms with Crippen molar-refractivity contribution in [1.29, 1.82) is 0 Å². The zero-order chi connectivity index (χ0) is 6.97. The standard InChI is InChI=1S/C7H11N3/c8-4-6-5-9-7-2-1-3-10(6)7/h5H,1-4,8H2. The van der Waals surface area contributed by atoms with Crippen LogP contribution < -0.4 is 5.73 Å². The number of aromatic nitrogens is 2. The topological polar surface area (TPSA) is 43.8 Å². The van der Waals surface area contributed by atoms with Crippen molar-refractivity contribution in [3.63, 3.8) is 0 Å². The third kappa shape index (κ3) is 0.671. The van der Waals surface area contributed by atoms with Gasteiger partial charge in [-0.1, -0.05) is 0 Å². The molecule has 0 bridgehead atoms. The average molecular weight is 137 g/mol. The Balaban J connectivity index is 2.44. The molecule has 0 radical (unpaired) electrons. The predicted molar refractivity (Wildman–Crippen MR) is 38.4 cm³/mol. The minimum atomic E-state index is 0.618. The van der Waals surface area contributed by atoms with Crippen molar-refractivity contribution >= 4 is 0 Å². The fourth-order valence-corrected chi connectivity index (χ4v) is 1.48. The molecule has 3 heteroatoms. The summed E-state index contributed by atoms with van der Waals surface area (Å²) in [6, 6.07) is 0. The van der Waals surface area contributed by atoms with Gasteiger partial charge in [-0.25, -0.2) is 4.98 Å². The number of aryl methyl sites for hydroxylation is 1. The van der Waals surface area contributed by atoms with E-state index in [0.717, 1.165) is 13.0 Å². The Bertz CT molecular complexity index is 239. The second kappa shape index (κ2) is 2.09. The highest BCUT2D eigenvalue weighted by Gasteiger charge is 2.13. The van der Waals surface area contributed by atoms with E-state index in [0.29, 0.717) is 6.54 Å². The maximum absolute atomic E-state index is 5.51. The lowest BCUT2D eigenvalue weighted by Gasteiger charge is -1.99. The minimum absolute atomic E-state index is 0.618. The molecule has 2 heterocycles. The second-order valence-corrected chi connectivity index (χ2v) is 2.63. The molecule has 1 aromatic heterocycles. The van der Waals surface area contributed by atoms with Crippen molar-refractivity contribution in [2.45, 2.75) is 25.9 Å². The molecule has 1 aliphatic heterocycles. The molecule has 0 unspecified atom stereocenters. The zero-order valence-corrected chi connectivity index (χ0v) is 5.88. The van der Waals surface area contributed by atoms with Crippen molar-refractivity contribution in [3.05, 3.63) is 17.7 Å². The summed E-state index contributed by atoms with van der Waals surface area (Å²) in [5.74, 6) is 1.21. The van der Waals surface area contributed by atoms with E-state index in [1.54, 1.807) is 0 Å². The molecule has 0 spiro atoms. The van der Waals surface area contributed by atoms with Gasteiger partial charge in [0.15, 0.2) is 0 Å². The van der Waals surface area contributed by atoms with Gasteiger partial charge < -0.3 is 10.3 Å². The Morgan fingerprint density at radius 3 is 3.40 bits per heavy atom. The molecule has 0 aliphatic carbocycles. The Labute approximate surface area is 59.9 Å². The van der Waals surface area contributed by atoms with Gasteiger partial charge in [0.05, 0.1) is 5.69 Å². The molecule has 54 valence electrons. The van der Waals surface area contributed by atoms with Crippen LogP contribution >= 0.6 is 0 Å². The molecule has 2 N–H and O–H groups in total.